The number of urea groups is 1. The van der Waals surface area contributed by atoms with Gasteiger partial charge in [-0.3, -0.25) is 19.8 Å². The number of halogens is 1. The number of benzene rings is 1. The maximum atomic E-state index is 13.1. The summed E-state index contributed by atoms with van der Waals surface area (Å²) in [5, 5.41) is 5.84. The number of nitrogens with zero attached hydrogens (tertiary/aromatic N) is 2. The van der Waals surface area contributed by atoms with Crippen molar-refractivity contribution in [1.29, 1.82) is 0 Å². The second-order valence-corrected chi connectivity index (χ2v) is 10.7. The predicted molar refractivity (Wildman–Crippen MR) is 128 cm³/mol. The van der Waals surface area contributed by atoms with E-state index in [2.05, 4.69) is 33.7 Å². The normalized spacial score (nSPS) is 25.8. The van der Waals surface area contributed by atoms with Crippen molar-refractivity contribution < 1.29 is 14.4 Å². The number of hydrogen-bond donors (Lipinski definition) is 2. The molecule has 3 aliphatic rings. The third-order valence-electron chi connectivity index (χ3n) is 7.04. The molecule has 1 aromatic carbocycles. The molecule has 7 nitrogen and oxygen atoms in total. The summed E-state index contributed by atoms with van der Waals surface area (Å²) in [5.74, 6) is -0.127. The fourth-order valence-electron chi connectivity index (χ4n) is 5.10. The number of carbonyl (C=O) groups excluding carboxylic acids is 3. The molecule has 33 heavy (non-hydrogen) atoms. The van der Waals surface area contributed by atoms with E-state index in [1.807, 2.05) is 23.1 Å². The van der Waals surface area contributed by atoms with Crippen LogP contribution in [0.3, 0.4) is 0 Å². The van der Waals surface area contributed by atoms with Gasteiger partial charge in [0.05, 0.1) is 0 Å². The monoisotopic (exact) mass is 486 g/mol. The molecule has 1 spiro atoms. The predicted octanol–water partition coefficient (Wildman–Crippen LogP) is 3.48. The summed E-state index contributed by atoms with van der Waals surface area (Å²) < 4.78 is 0. The highest BCUT2D eigenvalue weighted by molar-refractivity contribution is 7.15. The molecule has 1 aromatic heterocycles. The summed E-state index contributed by atoms with van der Waals surface area (Å²) in [6.07, 6.45) is 2.31. The van der Waals surface area contributed by atoms with Crippen molar-refractivity contribution in [2.45, 2.75) is 37.8 Å². The Morgan fingerprint density at radius 1 is 1.09 bits per heavy atom. The number of nitrogens with one attached hydrogen (secondary N) is 2. The van der Waals surface area contributed by atoms with E-state index >= 15 is 0 Å². The van der Waals surface area contributed by atoms with Crippen molar-refractivity contribution in [2.75, 3.05) is 26.2 Å². The second kappa shape index (κ2) is 9.08. The first-order valence-electron chi connectivity index (χ1n) is 11.4. The van der Waals surface area contributed by atoms with Crippen molar-refractivity contribution in [3.05, 3.63) is 46.3 Å². The van der Waals surface area contributed by atoms with Crippen molar-refractivity contribution in [3.8, 4) is 10.4 Å². The molecule has 3 fully saturated rings. The van der Waals surface area contributed by atoms with Crippen molar-refractivity contribution in [2.24, 2.45) is 5.92 Å². The number of hydrogen-bond acceptors (Lipinski definition) is 5. The molecule has 2 aliphatic heterocycles. The molecule has 2 N–H and O–H groups in total. The molecule has 1 saturated carbocycles. The van der Waals surface area contributed by atoms with Gasteiger partial charge in [-0.15, -0.1) is 11.3 Å². The zero-order valence-corrected chi connectivity index (χ0v) is 19.9. The molecule has 5 rings (SSSR count). The lowest BCUT2D eigenvalue weighted by Gasteiger charge is -2.39. The fraction of sp³-hybridized carbons (Fsp3) is 0.458. The van der Waals surface area contributed by atoms with Crippen molar-refractivity contribution in [1.82, 2.24) is 20.4 Å². The van der Waals surface area contributed by atoms with Crippen LogP contribution in [0.1, 0.15) is 30.6 Å². The Labute approximate surface area is 202 Å². The van der Waals surface area contributed by atoms with Gasteiger partial charge < -0.3 is 10.2 Å². The molecule has 0 radical (unpaired) electrons. The minimum Gasteiger partial charge on any atom is -0.340 e. The van der Waals surface area contributed by atoms with Crippen LogP contribution in [-0.4, -0.2) is 59.4 Å². The summed E-state index contributed by atoms with van der Waals surface area (Å²) >= 11 is 7.91. The van der Waals surface area contributed by atoms with Crippen LogP contribution in [0, 0.1) is 5.92 Å². The second-order valence-electron chi connectivity index (χ2n) is 9.14. The van der Waals surface area contributed by atoms with Crippen LogP contribution in [0.5, 0.6) is 0 Å². The molecule has 1 aliphatic carbocycles. The van der Waals surface area contributed by atoms with E-state index < -0.39 is 11.6 Å². The topological polar surface area (TPSA) is 81.8 Å². The Balaban J connectivity index is 1.11. The van der Waals surface area contributed by atoms with Gasteiger partial charge in [0.25, 0.3) is 5.91 Å². The summed E-state index contributed by atoms with van der Waals surface area (Å²) in [6, 6.07) is 11.8. The highest BCUT2D eigenvalue weighted by atomic mass is 35.5. The van der Waals surface area contributed by atoms with E-state index in [4.69, 9.17) is 11.6 Å². The molecule has 9 heteroatoms. The first-order valence-corrected chi connectivity index (χ1v) is 12.6. The van der Waals surface area contributed by atoms with Crippen LogP contribution >= 0.6 is 22.9 Å². The lowest BCUT2D eigenvalue weighted by Crippen LogP contribution is -2.53. The molecule has 4 amide bonds. The summed E-state index contributed by atoms with van der Waals surface area (Å²) in [4.78, 5) is 43.6. The summed E-state index contributed by atoms with van der Waals surface area (Å²) in [6.45, 7) is 4.04. The minimum absolute atomic E-state index is 0.0648. The lowest BCUT2D eigenvalue weighted by atomic mass is 9.76. The van der Waals surface area contributed by atoms with E-state index in [9.17, 15) is 14.4 Å². The molecule has 174 valence electrons. The van der Waals surface area contributed by atoms with E-state index in [-0.39, 0.29) is 17.7 Å². The average molecular weight is 487 g/mol. The highest BCUT2D eigenvalue weighted by Crippen LogP contribution is 2.35. The van der Waals surface area contributed by atoms with Gasteiger partial charge in [0, 0.05) is 53.4 Å². The third-order valence-corrected chi connectivity index (χ3v) is 8.39. The summed E-state index contributed by atoms with van der Waals surface area (Å²) in [5.41, 5.74) is 0.329. The summed E-state index contributed by atoms with van der Waals surface area (Å²) in [7, 11) is 0. The van der Waals surface area contributed by atoms with Crippen LogP contribution in [-0.2, 0) is 16.1 Å². The smallest absolute Gasteiger partial charge is 0.322 e. The standard InChI is InChI=1S/C24H27ClN4O3S/c25-18-3-1-2-17(14-18)20-5-4-19(33-20)15-28-10-12-29(13-11-28)21(30)16-6-8-24(9-7-16)22(31)26-23(32)27-24/h1-5,14,16H,6-13,15H2,(H2,26,27,31,32). The number of piperazine rings is 1. The Kier molecular flexibility index (Phi) is 6.16. The lowest BCUT2D eigenvalue weighted by molar-refractivity contribution is -0.140. The fourth-order valence-corrected chi connectivity index (χ4v) is 6.34. The Bertz CT molecular complexity index is 1070. The van der Waals surface area contributed by atoms with Crippen LogP contribution in [0.2, 0.25) is 5.02 Å². The van der Waals surface area contributed by atoms with Crippen molar-refractivity contribution >= 4 is 40.8 Å². The highest BCUT2D eigenvalue weighted by Gasteiger charge is 2.49. The van der Waals surface area contributed by atoms with Gasteiger partial charge in [0.15, 0.2) is 0 Å². The van der Waals surface area contributed by atoms with Crippen LogP contribution in [0.4, 0.5) is 4.79 Å². The number of rotatable bonds is 4. The van der Waals surface area contributed by atoms with Crippen LogP contribution < -0.4 is 10.6 Å². The minimum atomic E-state index is -0.808. The van der Waals surface area contributed by atoms with Crippen LogP contribution in [0.25, 0.3) is 10.4 Å². The number of thiophene rings is 1. The van der Waals surface area contributed by atoms with Gasteiger partial charge in [0.1, 0.15) is 5.54 Å². The van der Waals surface area contributed by atoms with Crippen LogP contribution in [0.15, 0.2) is 36.4 Å². The van der Waals surface area contributed by atoms with Crippen molar-refractivity contribution in [3.63, 3.8) is 0 Å². The van der Waals surface area contributed by atoms with Gasteiger partial charge in [-0.05, 0) is 55.5 Å². The molecule has 2 aromatic rings. The molecule has 2 saturated heterocycles. The molecular formula is C24H27ClN4O3S. The van der Waals surface area contributed by atoms with E-state index in [0.717, 1.165) is 43.3 Å². The third kappa shape index (κ3) is 4.65. The van der Waals surface area contributed by atoms with Gasteiger partial charge in [0.2, 0.25) is 5.91 Å². The zero-order chi connectivity index (χ0) is 23.0. The van der Waals surface area contributed by atoms with E-state index in [1.165, 1.54) is 9.75 Å². The maximum absolute atomic E-state index is 13.1. The number of amides is 4. The number of carbonyl (C=O) groups is 3. The SMILES string of the molecule is O=C1NC(=O)C2(CCC(C(=O)N3CCN(Cc4ccc(-c5cccc(Cl)c5)s4)CC3)CC2)N1. The quantitative estimate of drug-likeness (QED) is 0.648. The first-order chi connectivity index (χ1) is 15.9. The van der Waals surface area contributed by atoms with E-state index in [0.29, 0.717) is 25.7 Å². The van der Waals surface area contributed by atoms with Gasteiger partial charge in [-0.1, -0.05) is 23.7 Å². The average Bonchev–Trinajstić information content (AvgIpc) is 3.38. The number of imide groups is 1. The Hall–Kier alpha value is -2.42. The maximum Gasteiger partial charge on any atom is 0.322 e. The van der Waals surface area contributed by atoms with Gasteiger partial charge in [-0.25, -0.2) is 4.79 Å². The first kappa shape index (κ1) is 22.4. The Morgan fingerprint density at radius 3 is 2.52 bits per heavy atom. The molecule has 3 heterocycles. The van der Waals surface area contributed by atoms with Gasteiger partial charge in [-0.2, -0.15) is 0 Å². The molecule has 0 unspecified atom stereocenters. The Morgan fingerprint density at radius 2 is 1.85 bits per heavy atom. The molecule has 0 atom stereocenters. The molecule has 0 bridgehead atoms. The van der Waals surface area contributed by atoms with Gasteiger partial charge >= 0.3 is 6.03 Å². The largest absolute Gasteiger partial charge is 0.340 e. The molecular weight excluding hydrogens is 460 g/mol. The zero-order valence-electron chi connectivity index (χ0n) is 18.3. The van der Waals surface area contributed by atoms with E-state index in [1.54, 1.807) is 11.3 Å².